The molecule has 0 saturated carbocycles. The quantitative estimate of drug-likeness (QED) is 0.602. The van der Waals surface area contributed by atoms with Crippen molar-refractivity contribution < 1.29 is 9.53 Å². The van der Waals surface area contributed by atoms with Crippen LogP contribution in [-0.4, -0.2) is 31.6 Å². The van der Waals surface area contributed by atoms with Crippen molar-refractivity contribution in [1.82, 2.24) is 5.32 Å². The molecule has 0 saturated heterocycles. The predicted octanol–water partition coefficient (Wildman–Crippen LogP) is 1.74. The Morgan fingerprint density at radius 3 is 2.60 bits per heavy atom. The lowest BCUT2D eigenvalue weighted by atomic mass is 10.3. The Kier molecular flexibility index (Phi) is 7.50. The minimum absolute atomic E-state index is 0.0140. The fourth-order valence-corrected chi connectivity index (χ4v) is 1.66. The molecule has 4 N–H and O–H groups in total. The lowest BCUT2D eigenvalue weighted by Gasteiger charge is -2.10. The molecule has 0 aromatic heterocycles. The Morgan fingerprint density at radius 1 is 1.30 bits per heavy atom. The highest BCUT2D eigenvalue weighted by molar-refractivity contribution is 5.76. The van der Waals surface area contributed by atoms with Crippen molar-refractivity contribution >= 4 is 11.6 Å². The number of carbonyl (C=O) groups excluding carboxylic acids is 1. The van der Waals surface area contributed by atoms with Crippen molar-refractivity contribution in [2.75, 3.05) is 25.0 Å². The van der Waals surface area contributed by atoms with Gasteiger partial charge in [0.1, 0.15) is 5.75 Å². The van der Waals surface area contributed by atoms with Crippen LogP contribution in [-0.2, 0) is 4.79 Å². The SMILES string of the molecule is CC(C)NC(=O)CCOc1ccc(NCCCN)cc1. The number of ether oxygens (including phenoxy) is 1. The Hall–Kier alpha value is -1.75. The lowest BCUT2D eigenvalue weighted by molar-refractivity contribution is -0.122. The van der Waals surface area contributed by atoms with Crippen LogP contribution in [0, 0.1) is 0 Å². The number of amides is 1. The zero-order valence-electron chi connectivity index (χ0n) is 12.3. The molecule has 20 heavy (non-hydrogen) atoms. The summed E-state index contributed by atoms with van der Waals surface area (Å²) in [5.41, 5.74) is 6.48. The van der Waals surface area contributed by atoms with Gasteiger partial charge in [-0.25, -0.2) is 0 Å². The van der Waals surface area contributed by atoms with Crippen molar-refractivity contribution in [3.05, 3.63) is 24.3 Å². The van der Waals surface area contributed by atoms with E-state index in [4.69, 9.17) is 10.5 Å². The highest BCUT2D eigenvalue weighted by Crippen LogP contribution is 2.15. The minimum Gasteiger partial charge on any atom is -0.493 e. The van der Waals surface area contributed by atoms with Gasteiger partial charge in [-0.2, -0.15) is 0 Å². The number of anilines is 1. The van der Waals surface area contributed by atoms with E-state index in [0.717, 1.165) is 24.4 Å². The molecule has 0 aliphatic carbocycles. The van der Waals surface area contributed by atoms with E-state index < -0.39 is 0 Å². The molecule has 0 heterocycles. The third-order valence-corrected chi connectivity index (χ3v) is 2.61. The van der Waals surface area contributed by atoms with Gasteiger partial charge in [0.25, 0.3) is 0 Å². The van der Waals surface area contributed by atoms with Crippen molar-refractivity contribution in [1.29, 1.82) is 0 Å². The number of nitrogens with two attached hydrogens (primary N) is 1. The Labute approximate surface area is 120 Å². The van der Waals surface area contributed by atoms with Gasteiger partial charge in [0.15, 0.2) is 0 Å². The van der Waals surface area contributed by atoms with Gasteiger partial charge in [0.2, 0.25) is 5.91 Å². The summed E-state index contributed by atoms with van der Waals surface area (Å²) >= 11 is 0. The number of benzene rings is 1. The summed E-state index contributed by atoms with van der Waals surface area (Å²) in [6.45, 7) is 5.82. The van der Waals surface area contributed by atoms with Crippen LogP contribution in [0.4, 0.5) is 5.69 Å². The van der Waals surface area contributed by atoms with Gasteiger partial charge in [-0.3, -0.25) is 4.79 Å². The van der Waals surface area contributed by atoms with Crippen LogP contribution in [0.15, 0.2) is 24.3 Å². The number of rotatable bonds is 9. The summed E-state index contributed by atoms with van der Waals surface area (Å²) in [7, 11) is 0. The minimum atomic E-state index is 0.0140. The van der Waals surface area contributed by atoms with Crippen molar-refractivity contribution in [3.8, 4) is 5.75 Å². The number of nitrogens with one attached hydrogen (secondary N) is 2. The predicted molar refractivity (Wildman–Crippen MR) is 82.0 cm³/mol. The first kappa shape index (κ1) is 16.3. The number of hydrogen-bond acceptors (Lipinski definition) is 4. The molecule has 1 rings (SSSR count). The molecule has 112 valence electrons. The van der Waals surface area contributed by atoms with Crippen LogP contribution in [0.2, 0.25) is 0 Å². The molecule has 1 aromatic carbocycles. The Bertz CT molecular complexity index is 391. The topological polar surface area (TPSA) is 76.4 Å². The summed E-state index contributed by atoms with van der Waals surface area (Å²) in [6, 6.07) is 7.87. The van der Waals surface area contributed by atoms with Gasteiger partial charge in [-0.1, -0.05) is 0 Å². The Balaban J connectivity index is 2.26. The van der Waals surface area contributed by atoms with E-state index >= 15 is 0 Å². The maximum absolute atomic E-state index is 11.4. The highest BCUT2D eigenvalue weighted by Gasteiger charge is 2.03. The second kappa shape index (κ2) is 9.20. The first-order valence-corrected chi connectivity index (χ1v) is 7.08. The van der Waals surface area contributed by atoms with Gasteiger partial charge in [0, 0.05) is 18.3 Å². The monoisotopic (exact) mass is 279 g/mol. The molecule has 0 aliphatic heterocycles. The summed E-state index contributed by atoms with van der Waals surface area (Å²) in [5.74, 6) is 0.784. The molecule has 0 fully saturated rings. The smallest absolute Gasteiger partial charge is 0.223 e. The molecule has 0 aliphatic rings. The first-order valence-electron chi connectivity index (χ1n) is 7.08. The summed E-state index contributed by atoms with van der Waals surface area (Å²) in [6.07, 6.45) is 1.32. The van der Waals surface area contributed by atoms with Gasteiger partial charge in [-0.05, 0) is 51.1 Å². The maximum atomic E-state index is 11.4. The van der Waals surface area contributed by atoms with E-state index in [1.807, 2.05) is 38.1 Å². The molecule has 0 unspecified atom stereocenters. The third-order valence-electron chi connectivity index (χ3n) is 2.61. The standard InChI is InChI=1S/C15H25N3O2/c1-12(2)18-15(19)8-11-20-14-6-4-13(5-7-14)17-10-3-9-16/h4-7,12,17H,3,8-11,16H2,1-2H3,(H,18,19). The zero-order valence-corrected chi connectivity index (χ0v) is 12.3. The van der Waals surface area contributed by atoms with Crippen molar-refractivity contribution in [3.63, 3.8) is 0 Å². The molecule has 0 spiro atoms. The molecule has 0 atom stereocenters. The molecule has 1 amide bonds. The normalized spacial score (nSPS) is 10.4. The second-order valence-electron chi connectivity index (χ2n) is 4.91. The molecule has 0 radical (unpaired) electrons. The summed E-state index contributed by atoms with van der Waals surface area (Å²) in [4.78, 5) is 11.4. The zero-order chi connectivity index (χ0) is 14.8. The number of carbonyl (C=O) groups is 1. The Morgan fingerprint density at radius 2 is 2.00 bits per heavy atom. The third kappa shape index (κ3) is 6.99. The van der Waals surface area contributed by atoms with E-state index in [0.29, 0.717) is 19.6 Å². The van der Waals surface area contributed by atoms with Crippen LogP contribution in [0.5, 0.6) is 5.75 Å². The van der Waals surface area contributed by atoms with Crippen LogP contribution in [0.25, 0.3) is 0 Å². The van der Waals surface area contributed by atoms with Gasteiger partial charge >= 0.3 is 0 Å². The first-order chi connectivity index (χ1) is 9.61. The molecule has 1 aromatic rings. The van der Waals surface area contributed by atoms with E-state index in [1.165, 1.54) is 0 Å². The van der Waals surface area contributed by atoms with E-state index in [1.54, 1.807) is 0 Å². The van der Waals surface area contributed by atoms with Crippen LogP contribution in [0.1, 0.15) is 26.7 Å². The van der Waals surface area contributed by atoms with E-state index in [9.17, 15) is 4.79 Å². The largest absolute Gasteiger partial charge is 0.493 e. The highest BCUT2D eigenvalue weighted by atomic mass is 16.5. The van der Waals surface area contributed by atoms with Crippen molar-refractivity contribution in [2.45, 2.75) is 32.7 Å². The second-order valence-corrected chi connectivity index (χ2v) is 4.91. The van der Waals surface area contributed by atoms with Gasteiger partial charge in [0.05, 0.1) is 13.0 Å². The van der Waals surface area contributed by atoms with Crippen LogP contribution >= 0.6 is 0 Å². The maximum Gasteiger partial charge on any atom is 0.223 e. The van der Waals surface area contributed by atoms with E-state index in [2.05, 4.69) is 10.6 Å². The average Bonchev–Trinajstić information content (AvgIpc) is 2.40. The van der Waals surface area contributed by atoms with E-state index in [-0.39, 0.29) is 11.9 Å². The number of hydrogen-bond donors (Lipinski definition) is 3. The molecular weight excluding hydrogens is 254 g/mol. The molecular formula is C15H25N3O2. The van der Waals surface area contributed by atoms with Crippen molar-refractivity contribution in [2.24, 2.45) is 5.73 Å². The van der Waals surface area contributed by atoms with Gasteiger partial charge < -0.3 is 21.1 Å². The summed E-state index contributed by atoms with van der Waals surface area (Å²) in [5, 5.41) is 6.10. The molecule has 0 bridgehead atoms. The average molecular weight is 279 g/mol. The molecule has 5 nitrogen and oxygen atoms in total. The lowest BCUT2D eigenvalue weighted by Crippen LogP contribution is -2.31. The molecule has 5 heteroatoms. The summed E-state index contributed by atoms with van der Waals surface area (Å²) < 4.78 is 5.53. The van der Waals surface area contributed by atoms with Gasteiger partial charge in [-0.15, -0.1) is 0 Å². The fraction of sp³-hybridized carbons (Fsp3) is 0.533. The van der Waals surface area contributed by atoms with Crippen LogP contribution in [0.3, 0.4) is 0 Å². The fourth-order valence-electron chi connectivity index (χ4n) is 1.66. The van der Waals surface area contributed by atoms with Crippen LogP contribution < -0.4 is 21.1 Å².